The molecule has 0 atom stereocenters. The fourth-order valence-electron chi connectivity index (χ4n) is 1.91. The molecule has 0 unspecified atom stereocenters. The van der Waals surface area contributed by atoms with Crippen LogP contribution in [0, 0.1) is 12.8 Å². The van der Waals surface area contributed by atoms with Crippen LogP contribution in [0.15, 0.2) is 22.7 Å². The Kier molecular flexibility index (Phi) is 4.57. The highest BCUT2D eigenvalue weighted by molar-refractivity contribution is 5.89. The number of hydrogen-bond donors (Lipinski definition) is 1. The molecule has 6 nitrogen and oxygen atoms in total. The second-order valence-electron chi connectivity index (χ2n) is 5.27. The number of rotatable bonds is 6. The standard InChI is InChI=1S/C15H18N2O4/c1-9(2)6-13-16-14(21-17-13)8-20-11-4-5-12(15(18)19)10(3)7-11/h4-5,7,9H,6,8H2,1-3H3,(H,18,19). The van der Waals surface area contributed by atoms with Crippen LogP contribution >= 0.6 is 0 Å². The van der Waals surface area contributed by atoms with Gasteiger partial charge >= 0.3 is 5.97 Å². The zero-order valence-electron chi connectivity index (χ0n) is 12.3. The summed E-state index contributed by atoms with van der Waals surface area (Å²) in [5.41, 5.74) is 0.908. The van der Waals surface area contributed by atoms with Crippen LogP contribution in [0.3, 0.4) is 0 Å². The van der Waals surface area contributed by atoms with Crippen LogP contribution in [0.4, 0.5) is 0 Å². The zero-order valence-corrected chi connectivity index (χ0v) is 12.3. The van der Waals surface area contributed by atoms with E-state index in [0.717, 1.165) is 6.42 Å². The van der Waals surface area contributed by atoms with E-state index >= 15 is 0 Å². The van der Waals surface area contributed by atoms with Crippen LogP contribution in [0.2, 0.25) is 0 Å². The molecule has 2 rings (SSSR count). The van der Waals surface area contributed by atoms with Crippen molar-refractivity contribution in [1.29, 1.82) is 0 Å². The Balaban J connectivity index is 1.98. The van der Waals surface area contributed by atoms with Gasteiger partial charge < -0.3 is 14.4 Å². The molecule has 112 valence electrons. The van der Waals surface area contributed by atoms with Crippen LogP contribution in [-0.4, -0.2) is 21.2 Å². The minimum Gasteiger partial charge on any atom is -0.484 e. The average Bonchev–Trinajstić information content (AvgIpc) is 2.82. The molecule has 0 aliphatic rings. The molecule has 0 fully saturated rings. The summed E-state index contributed by atoms with van der Waals surface area (Å²) < 4.78 is 10.6. The largest absolute Gasteiger partial charge is 0.484 e. The predicted octanol–water partition coefficient (Wildman–Crippen LogP) is 2.85. The summed E-state index contributed by atoms with van der Waals surface area (Å²) in [6.07, 6.45) is 0.760. The molecule has 1 N–H and O–H groups in total. The Bertz CT molecular complexity index is 634. The second-order valence-corrected chi connectivity index (χ2v) is 5.27. The van der Waals surface area contributed by atoms with Crippen molar-refractivity contribution < 1.29 is 19.2 Å². The first-order valence-corrected chi connectivity index (χ1v) is 6.74. The Labute approximate surface area is 122 Å². The summed E-state index contributed by atoms with van der Waals surface area (Å²) in [7, 11) is 0. The van der Waals surface area contributed by atoms with Crippen molar-refractivity contribution in [2.45, 2.75) is 33.8 Å². The van der Waals surface area contributed by atoms with Gasteiger partial charge in [0.25, 0.3) is 5.89 Å². The molecule has 0 spiro atoms. The van der Waals surface area contributed by atoms with E-state index in [0.29, 0.717) is 28.9 Å². The predicted molar refractivity (Wildman–Crippen MR) is 75.3 cm³/mol. The number of aromatic nitrogens is 2. The highest BCUT2D eigenvalue weighted by Gasteiger charge is 2.10. The molecule has 0 radical (unpaired) electrons. The molecule has 0 bridgehead atoms. The van der Waals surface area contributed by atoms with Gasteiger partial charge in [-0.15, -0.1) is 0 Å². The van der Waals surface area contributed by atoms with Gasteiger partial charge in [0.15, 0.2) is 12.4 Å². The van der Waals surface area contributed by atoms with Crippen LogP contribution in [0.5, 0.6) is 5.75 Å². The van der Waals surface area contributed by atoms with Gasteiger partial charge in [-0.05, 0) is 36.6 Å². The summed E-state index contributed by atoms with van der Waals surface area (Å²) >= 11 is 0. The van der Waals surface area contributed by atoms with Crippen LogP contribution in [0.1, 0.15) is 41.5 Å². The molecular formula is C15H18N2O4. The lowest BCUT2D eigenvalue weighted by molar-refractivity contribution is 0.0696. The Hall–Kier alpha value is -2.37. The molecule has 0 amide bonds. The first-order chi connectivity index (χ1) is 9.95. The lowest BCUT2D eigenvalue weighted by Crippen LogP contribution is -2.01. The third-order valence-corrected chi connectivity index (χ3v) is 2.89. The van der Waals surface area contributed by atoms with E-state index in [1.54, 1.807) is 19.1 Å². The number of aromatic carboxylic acids is 1. The van der Waals surface area contributed by atoms with Gasteiger partial charge in [-0.2, -0.15) is 4.98 Å². The van der Waals surface area contributed by atoms with Gasteiger partial charge in [-0.25, -0.2) is 4.79 Å². The quantitative estimate of drug-likeness (QED) is 0.880. The monoisotopic (exact) mass is 290 g/mol. The van der Waals surface area contributed by atoms with E-state index in [1.807, 2.05) is 0 Å². The molecule has 1 heterocycles. The average molecular weight is 290 g/mol. The van der Waals surface area contributed by atoms with Gasteiger partial charge in [0, 0.05) is 6.42 Å². The van der Waals surface area contributed by atoms with Crippen LogP contribution in [0.25, 0.3) is 0 Å². The van der Waals surface area contributed by atoms with Gasteiger partial charge in [-0.1, -0.05) is 19.0 Å². The zero-order chi connectivity index (χ0) is 15.4. The van der Waals surface area contributed by atoms with E-state index in [9.17, 15) is 4.79 Å². The Morgan fingerprint density at radius 3 is 2.81 bits per heavy atom. The SMILES string of the molecule is Cc1cc(OCc2nc(CC(C)C)no2)ccc1C(=O)O. The summed E-state index contributed by atoms with van der Waals surface area (Å²) in [5.74, 6) is 1.16. The number of aryl methyl sites for hydroxylation is 1. The third kappa shape index (κ3) is 4.05. The first kappa shape index (κ1) is 15.0. The van der Waals surface area contributed by atoms with Gasteiger partial charge in [0.2, 0.25) is 0 Å². The molecule has 1 aromatic carbocycles. The van der Waals surface area contributed by atoms with E-state index in [2.05, 4.69) is 24.0 Å². The number of carboxylic acid groups (broad SMARTS) is 1. The third-order valence-electron chi connectivity index (χ3n) is 2.89. The number of ether oxygens (including phenoxy) is 1. The number of hydrogen-bond acceptors (Lipinski definition) is 5. The summed E-state index contributed by atoms with van der Waals surface area (Å²) in [5, 5.41) is 12.8. The van der Waals surface area contributed by atoms with Crippen molar-refractivity contribution in [2.24, 2.45) is 5.92 Å². The molecule has 2 aromatic rings. The smallest absolute Gasteiger partial charge is 0.335 e. The van der Waals surface area contributed by atoms with Crippen molar-refractivity contribution in [1.82, 2.24) is 10.1 Å². The van der Waals surface area contributed by atoms with Crippen molar-refractivity contribution in [3.05, 3.63) is 41.0 Å². The number of nitrogens with zero attached hydrogens (tertiary/aromatic N) is 2. The minimum absolute atomic E-state index is 0.164. The van der Waals surface area contributed by atoms with E-state index in [1.165, 1.54) is 6.07 Å². The Morgan fingerprint density at radius 2 is 2.19 bits per heavy atom. The molecule has 6 heteroatoms. The number of carboxylic acids is 1. The van der Waals surface area contributed by atoms with Crippen molar-refractivity contribution >= 4 is 5.97 Å². The van der Waals surface area contributed by atoms with Crippen molar-refractivity contribution in [3.8, 4) is 5.75 Å². The number of benzene rings is 1. The topological polar surface area (TPSA) is 85.5 Å². The van der Waals surface area contributed by atoms with E-state index in [-0.39, 0.29) is 12.2 Å². The first-order valence-electron chi connectivity index (χ1n) is 6.74. The molecule has 0 saturated carbocycles. The number of carbonyl (C=O) groups is 1. The fraction of sp³-hybridized carbons (Fsp3) is 0.400. The lowest BCUT2D eigenvalue weighted by Gasteiger charge is -2.06. The van der Waals surface area contributed by atoms with Gasteiger partial charge in [0.1, 0.15) is 5.75 Å². The highest BCUT2D eigenvalue weighted by Crippen LogP contribution is 2.18. The molecule has 1 aromatic heterocycles. The highest BCUT2D eigenvalue weighted by atomic mass is 16.5. The fourth-order valence-corrected chi connectivity index (χ4v) is 1.91. The van der Waals surface area contributed by atoms with Gasteiger partial charge in [-0.3, -0.25) is 0 Å². The molecule has 0 aliphatic carbocycles. The minimum atomic E-state index is -0.950. The molecule has 21 heavy (non-hydrogen) atoms. The molecule has 0 saturated heterocycles. The summed E-state index contributed by atoms with van der Waals surface area (Å²) in [4.78, 5) is 15.2. The normalized spacial score (nSPS) is 10.9. The summed E-state index contributed by atoms with van der Waals surface area (Å²) in [6, 6.07) is 4.81. The lowest BCUT2D eigenvalue weighted by atomic mass is 10.1. The van der Waals surface area contributed by atoms with E-state index < -0.39 is 5.97 Å². The van der Waals surface area contributed by atoms with Gasteiger partial charge in [0.05, 0.1) is 5.56 Å². The summed E-state index contributed by atoms with van der Waals surface area (Å²) in [6.45, 7) is 6.05. The maximum absolute atomic E-state index is 10.9. The Morgan fingerprint density at radius 1 is 1.43 bits per heavy atom. The maximum Gasteiger partial charge on any atom is 0.335 e. The van der Waals surface area contributed by atoms with Crippen molar-refractivity contribution in [3.63, 3.8) is 0 Å². The van der Waals surface area contributed by atoms with Crippen LogP contribution in [-0.2, 0) is 13.0 Å². The van der Waals surface area contributed by atoms with Crippen LogP contribution < -0.4 is 4.74 Å². The second kappa shape index (κ2) is 6.39. The maximum atomic E-state index is 10.9. The molecular weight excluding hydrogens is 272 g/mol. The van der Waals surface area contributed by atoms with E-state index in [4.69, 9.17) is 14.4 Å². The van der Waals surface area contributed by atoms with Crippen molar-refractivity contribution in [2.75, 3.05) is 0 Å². The molecule has 0 aliphatic heterocycles.